The lowest BCUT2D eigenvalue weighted by Gasteiger charge is -2.29. The van der Waals surface area contributed by atoms with Gasteiger partial charge >= 0.3 is 0 Å². The molecule has 0 aliphatic heterocycles. The maximum absolute atomic E-state index is 12.1. The molecule has 1 aliphatic carbocycles. The van der Waals surface area contributed by atoms with Crippen LogP contribution in [-0.2, 0) is 17.9 Å². The van der Waals surface area contributed by atoms with Gasteiger partial charge in [-0.3, -0.25) is 9.48 Å². The second-order valence-corrected chi connectivity index (χ2v) is 5.29. The number of rotatable bonds is 4. The van der Waals surface area contributed by atoms with Crippen LogP contribution < -0.4 is 0 Å². The lowest BCUT2D eigenvalue weighted by molar-refractivity contribution is -0.137. The van der Waals surface area contributed by atoms with Crippen molar-refractivity contribution < 1.29 is 4.79 Å². The first kappa shape index (κ1) is 13.1. The van der Waals surface area contributed by atoms with Crippen LogP contribution in [0.2, 0.25) is 0 Å². The van der Waals surface area contributed by atoms with Crippen molar-refractivity contribution in [2.45, 2.75) is 53.1 Å². The fraction of sp³-hybridized carbons (Fsp3) is 0.714. The smallest absolute Gasteiger partial charge is 0.225 e. The monoisotopic (exact) mass is 249 g/mol. The van der Waals surface area contributed by atoms with Gasteiger partial charge in [0.1, 0.15) is 0 Å². The van der Waals surface area contributed by atoms with Crippen LogP contribution >= 0.6 is 0 Å². The van der Waals surface area contributed by atoms with Gasteiger partial charge in [0.15, 0.2) is 0 Å². The van der Waals surface area contributed by atoms with Crippen molar-refractivity contribution in [2.24, 2.45) is 5.92 Å². The summed E-state index contributed by atoms with van der Waals surface area (Å²) in [6.45, 7) is 7.77. The van der Waals surface area contributed by atoms with Crippen LogP contribution in [0, 0.1) is 19.8 Å². The van der Waals surface area contributed by atoms with Crippen LogP contribution in [0.4, 0.5) is 0 Å². The third kappa shape index (κ3) is 2.28. The summed E-state index contributed by atoms with van der Waals surface area (Å²) in [7, 11) is 1.91. The second-order valence-electron chi connectivity index (χ2n) is 5.29. The van der Waals surface area contributed by atoms with Gasteiger partial charge in [-0.15, -0.1) is 0 Å². The Labute approximate surface area is 109 Å². The summed E-state index contributed by atoms with van der Waals surface area (Å²) >= 11 is 0. The fourth-order valence-corrected chi connectivity index (χ4v) is 2.55. The third-order valence-corrected chi connectivity index (χ3v) is 4.06. The molecule has 0 spiro atoms. The Morgan fingerprint density at radius 3 is 2.56 bits per heavy atom. The average molecular weight is 249 g/mol. The van der Waals surface area contributed by atoms with Gasteiger partial charge in [0.05, 0.1) is 5.69 Å². The van der Waals surface area contributed by atoms with Crippen LogP contribution in [-0.4, -0.2) is 27.6 Å². The first-order valence-corrected chi connectivity index (χ1v) is 6.82. The molecule has 1 heterocycles. The van der Waals surface area contributed by atoms with Crippen molar-refractivity contribution in [3.63, 3.8) is 0 Å². The average Bonchev–Trinajstić information content (AvgIpc) is 2.53. The van der Waals surface area contributed by atoms with Gasteiger partial charge in [-0.25, -0.2) is 0 Å². The molecule has 1 aliphatic rings. The van der Waals surface area contributed by atoms with Crippen molar-refractivity contribution >= 4 is 5.91 Å². The quantitative estimate of drug-likeness (QED) is 0.821. The molecule has 18 heavy (non-hydrogen) atoms. The van der Waals surface area contributed by atoms with Crippen molar-refractivity contribution in [2.75, 3.05) is 7.05 Å². The predicted octanol–water partition coefficient (Wildman–Crippen LogP) is 2.28. The summed E-state index contributed by atoms with van der Waals surface area (Å²) in [5.41, 5.74) is 3.43. The highest BCUT2D eigenvalue weighted by Crippen LogP contribution is 2.28. The van der Waals surface area contributed by atoms with E-state index in [1.807, 2.05) is 23.6 Å². The summed E-state index contributed by atoms with van der Waals surface area (Å²) in [6.07, 6.45) is 3.33. The molecule has 1 aromatic heterocycles. The Morgan fingerprint density at radius 1 is 1.44 bits per heavy atom. The lowest BCUT2D eigenvalue weighted by atomic mass is 9.84. The van der Waals surface area contributed by atoms with Crippen LogP contribution in [0.15, 0.2) is 0 Å². The first-order valence-electron chi connectivity index (χ1n) is 6.82. The summed E-state index contributed by atoms with van der Waals surface area (Å²) in [4.78, 5) is 14.0. The summed E-state index contributed by atoms with van der Waals surface area (Å²) in [6, 6.07) is 0. The number of aryl methyl sites for hydroxylation is 2. The Bertz CT molecular complexity index is 446. The number of amides is 1. The molecule has 4 heteroatoms. The molecular formula is C14H23N3O. The van der Waals surface area contributed by atoms with E-state index < -0.39 is 0 Å². The number of carbonyl (C=O) groups excluding carboxylic acids is 1. The van der Waals surface area contributed by atoms with E-state index in [9.17, 15) is 4.79 Å². The van der Waals surface area contributed by atoms with Gasteiger partial charge in [-0.05, 0) is 33.6 Å². The molecule has 0 N–H and O–H groups in total. The molecule has 4 nitrogen and oxygen atoms in total. The fourth-order valence-electron chi connectivity index (χ4n) is 2.55. The minimum atomic E-state index is 0.275. The molecule has 1 saturated carbocycles. The Kier molecular flexibility index (Phi) is 3.73. The Hall–Kier alpha value is -1.32. The molecule has 0 unspecified atom stereocenters. The van der Waals surface area contributed by atoms with Crippen LogP contribution in [0.5, 0.6) is 0 Å². The second kappa shape index (κ2) is 5.12. The molecule has 0 saturated heterocycles. The van der Waals surface area contributed by atoms with Crippen molar-refractivity contribution in [3.05, 3.63) is 17.0 Å². The normalized spacial score (nSPS) is 15.6. The van der Waals surface area contributed by atoms with Gasteiger partial charge in [-0.1, -0.05) is 6.42 Å². The number of hydrogen-bond donors (Lipinski definition) is 0. The largest absolute Gasteiger partial charge is 0.341 e. The predicted molar refractivity (Wildman–Crippen MR) is 71.2 cm³/mol. The van der Waals surface area contributed by atoms with Crippen LogP contribution in [0.3, 0.4) is 0 Å². The van der Waals surface area contributed by atoms with Crippen molar-refractivity contribution in [1.29, 1.82) is 0 Å². The van der Waals surface area contributed by atoms with Gasteiger partial charge in [0, 0.05) is 37.3 Å². The highest BCUT2D eigenvalue weighted by atomic mass is 16.2. The van der Waals surface area contributed by atoms with Crippen LogP contribution in [0.25, 0.3) is 0 Å². The number of carbonyl (C=O) groups is 1. The Morgan fingerprint density at radius 2 is 2.11 bits per heavy atom. The molecule has 0 radical (unpaired) electrons. The van der Waals surface area contributed by atoms with E-state index >= 15 is 0 Å². The molecule has 0 aromatic carbocycles. The Balaban J connectivity index is 2.08. The molecule has 1 amide bonds. The van der Waals surface area contributed by atoms with E-state index in [0.29, 0.717) is 12.5 Å². The summed E-state index contributed by atoms with van der Waals surface area (Å²) < 4.78 is 2.01. The minimum Gasteiger partial charge on any atom is -0.341 e. The molecule has 1 aromatic rings. The summed E-state index contributed by atoms with van der Waals surface area (Å²) in [5.74, 6) is 0.570. The third-order valence-electron chi connectivity index (χ3n) is 4.06. The highest BCUT2D eigenvalue weighted by molar-refractivity contribution is 5.79. The molecular weight excluding hydrogens is 226 g/mol. The first-order chi connectivity index (χ1) is 8.54. The topological polar surface area (TPSA) is 38.1 Å². The molecule has 1 fully saturated rings. The van der Waals surface area contributed by atoms with E-state index in [-0.39, 0.29) is 5.92 Å². The summed E-state index contributed by atoms with van der Waals surface area (Å²) in [5, 5.41) is 4.50. The van der Waals surface area contributed by atoms with Gasteiger partial charge < -0.3 is 4.90 Å². The highest BCUT2D eigenvalue weighted by Gasteiger charge is 2.28. The number of hydrogen-bond acceptors (Lipinski definition) is 2. The maximum Gasteiger partial charge on any atom is 0.225 e. The van der Waals surface area contributed by atoms with E-state index in [1.54, 1.807) is 0 Å². The van der Waals surface area contributed by atoms with Gasteiger partial charge in [0.2, 0.25) is 5.91 Å². The number of nitrogens with zero attached hydrogens (tertiary/aromatic N) is 3. The SMILES string of the molecule is CCn1nc(C)c(CN(C)C(=O)C2CCC2)c1C. The molecule has 0 atom stereocenters. The van der Waals surface area contributed by atoms with Gasteiger partial charge in [0.25, 0.3) is 0 Å². The zero-order valence-corrected chi connectivity index (χ0v) is 11.9. The van der Waals surface area contributed by atoms with Crippen molar-refractivity contribution in [3.8, 4) is 0 Å². The van der Waals surface area contributed by atoms with E-state index in [2.05, 4.69) is 18.9 Å². The van der Waals surface area contributed by atoms with Crippen molar-refractivity contribution in [1.82, 2.24) is 14.7 Å². The van der Waals surface area contributed by atoms with E-state index in [1.165, 1.54) is 17.7 Å². The minimum absolute atomic E-state index is 0.275. The maximum atomic E-state index is 12.1. The van der Waals surface area contributed by atoms with E-state index in [4.69, 9.17) is 0 Å². The molecule has 2 rings (SSSR count). The zero-order chi connectivity index (χ0) is 13.3. The van der Waals surface area contributed by atoms with Crippen LogP contribution in [0.1, 0.15) is 43.1 Å². The molecule has 0 bridgehead atoms. The zero-order valence-electron chi connectivity index (χ0n) is 11.9. The standard InChI is InChI=1S/C14H23N3O/c1-5-17-11(3)13(10(2)15-17)9-16(4)14(18)12-7-6-8-12/h12H,5-9H2,1-4H3. The molecule has 100 valence electrons. The lowest BCUT2D eigenvalue weighted by Crippen LogP contribution is -2.35. The van der Waals surface area contributed by atoms with Gasteiger partial charge in [-0.2, -0.15) is 5.10 Å². The van der Waals surface area contributed by atoms with E-state index in [0.717, 1.165) is 25.1 Å². The number of aromatic nitrogens is 2.